The van der Waals surface area contributed by atoms with Gasteiger partial charge in [0.2, 0.25) is 5.91 Å². The number of rotatable bonds is 5. The van der Waals surface area contributed by atoms with E-state index < -0.39 is 0 Å². The second-order valence-electron chi connectivity index (χ2n) is 7.29. The molecule has 140 valence electrons. The maximum atomic E-state index is 13.8. The number of carbonyl (C=O) groups excluding carboxylic acids is 1. The number of aromatic nitrogens is 2. The molecule has 27 heavy (non-hydrogen) atoms. The van der Waals surface area contributed by atoms with E-state index in [1.807, 2.05) is 24.3 Å². The van der Waals surface area contributed by atoms with Gasteiger partial charge >= 0.3 is 0 Å². The predicted octanol–water partition coefficient (Wildman–Crippen LogP) is 3.75. The highest BCUT2D eigenvalue weighted by atomic mass is 19.1. The first-order valence-corrected chi connectivity index (χ1v) is 9.36. The van der Waals surface area contributed by atoms with Gasteiger partial charge < -0.3 is 16.0 Å². The third-order valence-corrected chi connectivity index (χ3v) is 5.30. The Hall–Kier alpha value is -2.73. The molecule has 0 saturated heterocycles. The standard InChI is InChI=1S/C21H23FN4O/c22-16-6-2-1-4-13(16)10-20-25-18-9-8-15(12-19(18)26-20)24-21(27)11-14-5-3-7-17(14)23/h1-2,4,6,8-9,12,14,17H,3,5,7,10-11,23H2,(H,24,27)(H,25,26)/t14-,17+/m0/s1. The number of hydrogen-bond donors (Lipinski definition) is 3. The summed E-state index contributed by atoms with van der Waals surface area (Å²) in [5.41, 5.74) is 8.97. The van der Waals surface area contributed by atoms with Crippen molar-refractivity contribution in [3.63, 3.8) is 0 Å². The molecule has 1 aromatic heterocycles. The van der Waals surface area contributed by atoms with E-state index in [1.165, 1.54) is 6.07 Å². The average molecular weight is 366 g/mol. The Labute approximate surface area is 157 Å². The van der Waals surface area contributed by atoms with Crippen LogP contribution in [0.4, 0.5) is 10.1 Å². The van der Waals surface area contributed by atoms with E-state index >= 15 is 0 Å². The van der Waals surface area contributed by atoms with Crippen molar-refractivity contribution in [3.8, 4) is 0 Å². The zero-order valence-electron chi connectivity index (χ0n) is 15.0. The maximum absolute atomic E-state index is 13.8. The molecule has 1 saturated carbocycles. The minimum Gasteiger partial charge on any atom is -0.342 e. The largest absolute Gasteiger partial charge is 0.342 e. The number of nitrogens with zero attached hydrogens (tertiary/aromatic N) is 1. The number of anilines is 1. The van der Waals surface area contributed by atoms with Crippen molar-refractivity contribution in [1.82, 2.24) is 9.97 Å². The maximum Gasteiger partial charge on any atom is 0.224 e. The minimum absolute atomic E-state index is 0.0113. The number of fused-ring (bicyclic) bond motifs is 1. The SMILES string of the molecule is N[C@@H]1CCC[C@H]1CC(=O)Nc1ccc2nc(Cc3ccccc3F)[nH]c2c1. The lowest BCUT2D eigenvalue weighted by Crippen LogP contribution is -2.28. The molecule has 1 aliphatic carbocycles. The Balaban J connectivity index is 1.46. The van der Waals surface area contributed by atoms with Crippen molar-refractivity contribution in [3.05, 3.63) is 59.7 Å². The Morgan fingerprint density at radius 3 is 2.89 bits per heavy atom. The Morgan fingerprint density at radius 1 is 1.26 bits per heavy atom. The fourth-order valence-corrected chi connectivity index (χ4v) is 3.82. The zero-order chi connectivity index (χ0) is 18.8. The topological polar surface area (TPSA) is 83.8 Å². The highest BCUT2D eigenvalue weighted by Gasteiger charge is 2.26. The van der Waals surface area contributed by atoms with E-state index in [4.69, 9.17) is 5.73 Å². The third-order valence-electron chi connectivity index (χ3n) is 5.30. The fourth-order valence-electron chi connectivity index (χ4n) is 3.82. The molecule has 1 fully saturated rings. The highest BCUT2D eigenvalue weighted by molar-refractivity contribution is 5.93. The summed E-state index contributed by atoms with van der Waals surface area (Å²) in [6.45, 7) is 0. The van der Waals surface area contributed by atoms with Gasteiger partial charge in [-0.05, 0) is 48.6 Å². The van der Waals surface area contributed by atoms with Gasteiger partial charge in [0.1, 0.15) is 11.6 Å². The van der Waals surface area contributed by atoms with Crippen LogP contribution in [0.25, 0.3) is 11.0 Å². The summed E-state index contributed by atoms with van der Waals surface area (Å²) in [6, 6.07) is 12.4. The van der Waals surface area contributed by atoms with Gasteiger partial charge in [-0.1, -0.05) is 24.6 Å². The first-order chi connectivity index (χ1) is 13.1. The summed E-state index contributed by atoms with van der Waals surface area (Å²) >= 11 is 0. The van der Waals surface area contributed by atoms with Crippen LogP contribution in [0.15, 0.2) is 42.5 Å². The molecule has 4 rings (SSSR count). The minimum atomic E-state index is -0.240. The van der Waals surface area contributed by atoms with Crippen LogP contribution in [0.5, 0.6) is 0 Å². The lowest BCUT2D eigenvalue weighted by Gasteiger charge is -2.14. The van der Waals surface area contributed by atoms with Gasteiger partial charge in [-0.2, -0.15) is 0 Å². The molecule has 4 N–H and O–H groups in total. The number of nitrogens with two attached hydrogens (primary N) is 1. The number of H-pyrrole nitrogens is 1. The van der Waals surface area contributed by atoms with Crippen LogP contribution >= 0.6 is 0 Å². The van der Waals surface area contributed by atoms with Crippen LogP contribution < -0.4 is 11.1 Å². The predicted molar refractivity (Wildman–Crippen MR) is 104 cm³/mol. The van der Waals surface area contributed by atoms with Gasteiger partial charge in [0.05, 0.1) is 11.0 Å². The van der Waals surface area contributed by atoms with E-state index in [1.54, 1.807) is 12.1 Å². The summed E-state index contributed by atoms with van der Waals surface area (Å²) in [5.74, 6) is 0.711. The number of amides is 1. The summed E-state index contributed by atoms with van der Waals surface area (Å²) in [6.07, 6.45) is 3.98. The van der Waals surface area contributed by atoms with E-state index in [0.29, 0.717) is 24.2 Å². The van der Waals surface area contributed by atoms with Crippen LogP contribution in [0.1, 0.15) is 37.1 Å². The number of imidazole rings is 1. The molecular formula is C21H23FN4O. The van der Waals surface area contributed by atoms with E-state index in [-0.39, 0.29) is 23.7 Å². The number of aromatic amines is 1. The van der Waals surface area contributed by atoms with Crippen LogP contribution in [0, 0.1) is 11.7 Å². The fraction of sp³-hybridized carbons (Fsp3) is 0.333. The summed E-state index contributed by atoms with van der Waals surface area (Å²) in [4.78, 5) is 20.0. The van der Waals surface area contributed by atoms with Crippen molar-refractivity contribution in [2.75, 3.05) is 5.32 Å². The monoisotopic (exact) mass is 366 g/mol. The van der Waals surface area contributed by atoms with Crippen LogP contribution in [0.3, 0.4) is 0 Å². The lowest BCUT2D eigenvalue weighted by atomic mass is 10.00. The summed E-state index contributed by atoms with van der Waals surface area (Å²) < 4.78 is 13.8. The average Bonchev–Trinajstić information content (AvgIpc) is 3.22. The van der Waals surface area contributed by atoms with E-state index in [0.717, 1.165) is 36.0 Å². The molecule has 2 aromatic carbocycles. The Bertz CT molecular complexity index is 968. The van der Waals surface area contributed by atoms with Crippen molar-refractivity contribution in [2.45, 2.75) is 38.1 Å². The molecule has 1 amide bonds. The van der Waals surface area contributed by atoms with E-state index in [2.05, 4.69) is 15.3 Å². The first kappa shape index (κ1) is 17.7. The molecule has 0 unspecified atom stereocenters. The Morgan fingerprint density at radius 2 is 2.11 bits per heavy atom. The van der Waals surface area contributed by atoms with Gasteiger partial charge in [0.25, 0.3) is 0 Å². The molecule has 2 atom stereocenters. The number of benzene rings is 2. The third kappa shape index (κ3) is 4.01. The first-order valence-electron chi connectivity index (χ1n) is 9.36. The summed E-state index contributed by atoms with van der Waals surface area (Å²) in [7, 11) is 0. The van der Waals surface area contributed by atoms with Crippen LogP contribution in [-0.4, -0.2) is 21.9 Å². The number of halogens is 1. The zero-order valence-corrected chi connectivity index (χ0v) is 15.0. The molecule has 0 spiro atoms. The van der Waals surface area contributed by atoms with E-state index in [9.17, 15) is 9.18 Å². The molecule has 0 radical (unpaired) electrons. The second-order valence-corrected chi connectivity index (χ2v) is 7.29. The number of carbonyl (C=O) groups is 1. The van der Waals surface area contributed by atoms with Crippen molar-refractivity contribution in [2.24, 2.45) is 11.7 Å². The molecule has 5 nitrogen and oxygen atoms in total. The smallest absolute Gasteiger partial charge is 0.224 e. The molecule has 0 aliphatic heterocycles. The molecular weight excluding hydrogens is 343 g/mol. The lowest BCUT2D eigenvalue weighted by molar-refractivity contribution is -0.117. The van der Waals surface area contributed by atoms with Gasteiger partial charge in [-0.15, -0.1) is 0 Å². The second kappa shape index (κ2) is 7.48. The molecule has 1 heterocycles. The number of nitrogens with one attached hydrogen (secondary N) is 2. The van der Waals surface area contributed by atoms with Gasteiger partial charge in [-0.25, -0.2) is 9.37 Å². The van der Waals surface area contributed by atoms with Crippen LogP contribution in [0.2, 0.25) is 0 Å². The quantitative estimate of drug-likeness (QED) is 0.643. The van der Waals surface area contributed by atoms with Gasteiger partial charge in [0, 0.05) is 24.6 Å². The highest BCUT2D eigenvalue weighted by Crippen LogP contribution is 2.27. The van der Waals surface area contributed by atoms with Gasteiger partial charge in [-0.3, -0.25) is 4.79 Å². The summed E-state index contributed by atoms with van der Waals surface area (Å²) in [5, 5.41) is 2.95. The molecule has 1 aliphatic rings. The van der Waals surface area contributed by atoms with Crippen molar-refractivity contribution < 1.29 is 9.18 Å². The van der Waals surface area contributed by atoms with Crippen LogP contribution in [-0.2, 0) is 11.2 Å². The van der Waals surface area contributed by atoms with Crippen molar-refractivity contribution >= 4 is 22.6 Å². The van der Waals surface area contributed by atoms with Crippen molar-refractivity contribution in [1.29, 1.82) is 0 Å². The molecule has 6 heteroatoms. The Kier molecular flexibility index (Phi) is 4.90. The van der Waals surface area contributed by atoms with Gasteiger partial charge in [0.15, 0.2) is 0 Å². The normalized spacial score (nSPS) is 19.5. The number of hydrogen-bond acceptors (Lipinski definition) is 3. The molecule has 3 aromatic rings. The molecule has 0 bridgehead atoms.